The quantitative estimate of drug-likeness (QED) is 0.407. The van der Waals surface area contributed by atoms with Crippen molar-refractivity contribution in [3.05, 3.63) is 88.9 Å². The highest BCUT2D eigenvalue weighted by Crippen LogP contribution is 2.34. The van der Waals surface area contributed by atoms with E-state index >= 15 is 0 Å². The molecule has 0 aliphatic carbocycles. The average Bonchev–Trinajstić information content (AvgIpc) is 3.34. The van der Waals surface area contributed by atoms with Gasteiger partial charge in [0.2, 0.25) is 0 Å². The van der Waals surface area contributed by atoms with Crippen molar-refractivity contribution in [2.75, 3.05) is 13.7 Å². The van der Waals surface area contributed by atoms with Crippen molar-refractivity contribution in [1.82, 2.24) is 5.32 Å². The number of furan rings is 1. The fourth-order valence-electron chi connectivity index (χ4n) is 4.42. The molecule has 4 rings (SSSR count). The van der Waals surface area contributed by atoms with Crippen LogP contribution in [-0.2, 0) is 21.3 Å². The van der Waals surface area contributed by atoms with Crippen LogP contribution in [0.15, 0.2) is 65.1 Å². The van der Waals surface area contributed by atoms with Crippen LogP contribution in [0.4, 0.5) is 0 Å². The van der Waals surface area contributed by atoms with Crippen molar-refractivity contribution in [1.29, 1.82) is 0 Å². The zero-order chi connectivity index (χ0) is 25.9. The second kappa shape index (κ2) is 10.5. The molecule has 0 radical (unpaired) electrons. The average molecular weight is 492 g/mol. The third-order valence-electron chi connectivity index (χ3n) is 7.03. The molecule has 36 heavy (non-hydrogen) atoms. The van der Waals surface area contributed by atoms with E-state index in [1.165, 1.54) is 5.56 Å². The van der Waals surface area contributed by atoms with Crippen molar-refractivity contribution >= 4 is 5.91 Å². The van der Waals surface area contributed by atoms with E-state index < -0.39 is 5.79 Å². The number of carbonyl (C=O) groups excluding carboxylic acids is 1. The van der Waals surface area contributed by atoms with Gasteiger partial charge in [-0.2, -0.15) is 0 Å². The second-order valence-corrected chi connectivity index (χ2v) is 10.4. The zero-order valence-corrected chi connectivity index (χ0v) is 22.1. The largest absolute Gasteiger partial charge is 0.496 e. The SMILES string of the molecule is CCC(C)(C)c1ccc(OC)c(Cc2ccc(C(=O)N[C@@H]3COC(C)(C)OC3c3ccccc3)o2)c1. The number of benzene rings is 2. The molecule has 2 atom stereocenters. The molecule has 6 heteroatoms. The summed E-state index contributed by atoms with van der Waals surface area (Å²) in [4.78, 5) is 13.1. The normalized spacial score (nSPS) is 19.6. The predicted octanol–water partition coefficient (Wildman–Crippen LogP) is 6.19. The summed E-state index contributed by atoms with van der Waals surface area (Å²) in [6, 6.07) is 19.4. The lowest BCUT2D eigenvalue weighted by atomic mass is 9.81. The lowest BCUT2D eigenvalue weighted by molar-refractivity contribution is -0.284. The van der Waals surface area contributed by atoms with Gasteiger partial charge in [-0.3, -0.25) is 4.79 Å². The minimum Gasteiger partial charge on any atom is -0.496 e. The maximum atomic E-state index is 13.1. The molecule has 1 amide bonds. The summed E-state index contributed by atoms with van der Waals surface area (Å²) in [5.41, 5.74) is 3.32. The van der Waals surface area contributed by atoms with Crippen LogP contribution in [0.3, 0.4) is 0 Å². The Hall–Kier alpha value is -3.09. The third-order valence-corrected chi connectivity index (χ3v) is 7.03. The van der Waals surface area contributed by atoms with E-state index in [0.717, 1.165) is 23.3 Å². The Balaban J connectivity index is 1.50. The Labute approximate surface area is 213 Å². The van der Waals surface area contributed by atoms with Gasteiger partial charge in [0.1, 0.15) is 17.6 Å². The van der Waals surface area contributed by atoms with Gasteiger partial charge in [-0.15, -0.1) is 0 Å². The van der Waals surface area contributed by atoms with Crippen LogP contribution < -0.4 is 10.1 Å². The lowest BCUT2D eigenvalue weighted by Gasteiger charge is -2.41. The van der Waals surface area contributed by atoms with Crippen molar-refractivity contribution in [2.45, 2.75) is 70.8 Å². The highest BCUT2D eigenvalue weighted by molar-refractivity contribution is 5.91. The van der Waals surface area contributed by atoms with Gasteiger partial charge in [-0.25, -0.2) is 0 Å². The highest BCUT2D eigenvalue weighted by atomic mass is 16.7. The zero-order valence-electron chi connectivity index (χ0n) is 22.1. The molecule has 1 aliphatic heterocycles. The van der Waals surface area contributed by atoms with E-state index in [4.69, 9.17) is 18.6 Å². The molecule has 1 saturated heterocycles. The van der Waals surface area contributed by atoms with Gasteiger partial charge in [-0.1, -0.05) is 63.2 Å². The molecule has 3 aromatic rings. The fourth-order valence-corrected chi connectivity index (χ4v) is 4.42. The van der Waals surface area contributed by atoms with Gasteiger partial charge in [0.05, 0.1) is 19.8 Å². The highest BCUT2D eigenvalue weighted by Gasteiger charge is 2.38. The number of rotatable bonds is 8. The monoisotopic (exact) mass is 491 g/mol. The number of ether oxygens (including phenoxy) is 3. The summed E-state index contributed by atoms with van der Waals surface area (Å²) in [6.07, 6.45) is 1.22. The third kappa shape index (κ3) is 5.82. The molecule has 6 nitrogen and oxygen atoms in total. The summed E-state index contributed by atoms with van der Waals surface area (Å²) in [7, 11) is 1.67. The molecule has 1 aromatic heterocycles. The maximum Gasteiger partial charge on any atom is 0.287 e. The lowest BCUT2D eigenvalue weighted by Crippen LogP contribution is -2.51. The molecule has 2 heterocycles. The first-order valence-corrected chi connectivity index (χ1v) is 12.6. The van der Waals surface area contributed by atoms with Gasteiger partial charge in [-0.05, 0) is 55.0 Å². The van der Waals surface area contributed by atoms with Crippen molar-refractivity contribution in [2.24, 2.45) is 0 Å². The standard InChI is InChI=1S/C30H37NO5/c1-7-29(2,3)22-13-15-25(33-6)21(17-22)18-23-14-16-26(35-23)28(32)31-24-19-34-30(4,5)36-27(24)20-11-9-8-10-12-20/h8-17,24,27H,7,18-19H2,1-6H3,(H,31,32)/t24-,27?/m1/s1. The first-order chi connectivity index (χ1) is 17.1. The van der Waals surface area contributed by atoms with E-state index in [2.05, 4.69) is 38.2 Å². The number of hydrogen-bond donors (Lipinski definition) is 1. The van der Waals surface area contributed by atoms with E-state index in [-0.39, 0.29) is 29.2 Å². The van der Waals surface area contributed by atoms with Gasteiger partial charge in [0, 0.05) is 12.0 Å². The van der Waals surface area contributed by atoms with Crippen LogP contribution in [-0.4, -0.2) is 31.5 Å². The van der Waals surface area contributed by atoms with Crippen LogP contribution in [0.1, 0.15) is 80.1 Å². The summed E-state index contributed by atoms with van der Waals surface area (Å²) in [5, 5.41) is 3.05. The van der Waals surface area contributed by atoms with Crippen LogP contribution in [0.25, 0.3) is 0 Å². The number of methoxy groups -OCH3 is 1. The van der Waals surface area contributed by atoms with E-state index in [1.54, 1.807) is 13.2 Å². The number of hydrogen-bond acceptors (Lipinski definition) is 5. The van der Waals surface area contributed by atoms with Gasteiger partial charge < -0.3 is 23.9 Å². The van der Waals surface area contributed by atoms with Crippen molar-refractivity contribution in [3.8, 4) is 5.75 Å². The minimum absolute atomic E-state index is 0.0588. The number of amides is 1. The van der Waals surface area contributed by atoms with Crippen molar-refractivity contribution in [3.63, 3.8) is 0 Å². The molecule has 0 spiro atoms. The summed E-state index contributed by atoms with van der Waals surface area (Å²) >= 11 is 0. The van der Waals surface area contributed by atoms with Crippen LogP contribution in [0.5, 0.6) is 5.75 Å². The number of carbonyl (C=O) groups is 1. The first-order valence-electron chi connectivity index (χ1n) is 12.6. The van der Waals surface area contributed by atoms with Gasteiger partial charge in [0.15, 0.2) is 11.5 Å². The Bertz CT molecular complexity index is 1180. The smallest absolute Gasteiger partial charge is 0.287 e. The summed E-state index contributed by atoms with van der Waals surface area (Å²) < 4.78 is 23.6. The van der Waals surface area contributed by atoms with Crippen LogP contribution >= 0.6 is 0 Å². The maximum absolute atomic E-state index is 13.1. The van der Waals surface area contributed by atoms with E-state index in [1.807, 2.05) is 56.3 Å². The molecule has 192 valence electrons. The molecule has 1 N–H and O–H groups in total. The molecule has 1 fully saturated rings. The van der Waals surface area contributed by atoms with E-state index in [0.29, 0.717) is 18.8 Å². The first kappa shape index (κ1) is 26.0. The second-order valence-electron chi connectivity index (χ2n) is 10.4. The Kier molecular flexibility index (Phi) is 7.57. The molecule has 0 bridgehead atoms. The predicted molar refractivity (Wildman–Crippen MR) is 139 cm³/mol. The molecule has 1 unspecified atom stereocenters. The molecular weight excluding hydrogens is 454 g/mol. The fraction of sp³-hybridized carbons (Fsp3) is 0.433. The Morgan fingerprint density at radius 1 is 1.11 bits per heavy atom. The van der Waals surface area contributed by atoms with Crippen molar-refractivity contribution < 1.29 is 23.4 Å². The molecule has 1 aliphatic rings. The Morgan fingerprint density at radius 3 is 2.56 bits per heavy atom. The van der Waals surface area contributed by atoms with E-state index in [9.17, 15) is 4.79 Å². The van der Waals surface area contributed by atoms with Gasteiger partial charge in [0.25, 0.3) is 5.91 Å². The molecule has 0 saturated carbocycles. The Morgan fingerprint density at radius 2 is 1.86 bits per heavy atom. The number of nitrogens with one attached hydrogen (secondary N) is 1. The van der Waals surface area contributed by atoms with Gasteiger partial charge >= 0.3 is 0 Å². The topological polar surface area (TPSA) is 69.9 Å². The minimum atomic E-state index is -0.737. The summed E-state index contributed by atoms with van der Waals surface area (Å²) in [5.74, 6) is 0.719. The van der Waals surface area contributed by atoms with Crippen LogP contribution in [0.2, 0.25) is 0 Å². The summed E-state index contributed by atoms with van der Waals surface area (Å²) in [6.45, 7) is 10.7. The molecular formula is C30H37NO5. The van der Waals surface area contributed by atoms with Crippen LogP contribution in [0, 0.1) is 0 Å². The molecule has 2 aromatic carbocycles.